The molecule has 4 aliphatic rings. The Labute approximate surface area is 79.3 Å². The minimum atomic E-state index is 0.398. The van der Waals surface area contributed by atoms with Gasteiger partial charge >= 0.3 is 0 Å². The summed E-state index contributed by atoms with van der Waals surface area (Å²) in [6.45, 7) is 6.75. The minimum absolute atomic E-state index is 0.398. The molecule has 0 N–H and O–H groups in total. The summed E-state index contributed by atoms with van der Waals surface area (Å²) in [5.41, 5.74) is 0.420. The smallest absolute Gasteiger partial charge is 0.141 e. The van der Waals surface area contributed by atoms with Gasteiger partial charge in [0, 0.05) is 30.5 Å². The number of nitrogens with zero attached hydrogens (tertiary/aromatic N) is 1. The zero-order chi connectivity index (χ0) is 9.22. The van der Waals surface area contributed by atoms with Gasteiger partial charge in [0.1, 0.15) is 5.78 Å². The molecule has 1 aliphatic carbocycles. The monoisotopic (exact) mass is 179 g/mol. The molecule has 72 valence electrons. The Bertz CT molecular complexity index is 253. The van der Waals surface area contributed by atoms with E-state index in [1.165, 1.54) is 0 Å². The Balaban J connectivity index is 2.01. The molecule has 2 heteroatoms. The largest absolute Gasteiger partial charge is 0.299 e. The Hall–Kier alpha value is -0.370. The summed E-state index contributed by atoms with van der Waals surface area (Å²) in [4.78, 5) is 14.4. The van der Waals surface area contributed by atoms with Crippen molar-refractivity contribution in [2.75, 3.05) is 13.1 Å². The molecule has 0 aromatic rings. The van der Waals surface area contributed by atoms with Crippen LogP contribution < -0.4 is 0 Å². The zero-order valence-electron chi connectivity index (χ0n) is 8.42. The van der Waals surface area contributed by atoms with Gasteiger partial charge in [0.25, 0.3) is 0 Å². The second kappa shape index (κ2) is 2.17. The van der Waals surface area contributed by atoms with Crippen LogP contribution in [0.1, 0.15) is 26.7 Å². The van der Waals surface area contributed by atoms with Gasteiger partial charge < -0.3 is 0 Å². The van der Waals surface area contributed by atoms with Gasteiger partial charge in [0.15, 0.2) is 0 Å². The average Bonchev–Trinajstić information content (AvgIpc) is 2.48. The number of carbonyl (C=O) groups is 1. The fourth-order valence-corrected chi connectivity index (χ4v) is 3.85. The van der Waals surface area contributed by atoms with Crippen LogP contribution in [0.25, 0.3) is 0 Å². The van der Waals surface area contributed by atoms with Gasteiger partial charge in [-0.3, -0.25) is 9.69 Å². The molecule has 13 heavy (non-hydrogen) atoms. The van der Waals surface area contributed by atoms with Gasteiger partial charge in [0.05, 0.1) is 0 Å². The topological polar surface area (TPSA) is 20.3 Å². The van der Waals surface area contributed by atoms with Crippen LogP contribution in [-0.2, 0) is 4.79 Å². The third kappa shape index (κ3) is 0.762. The van der Waals surface area contributed by atoms with Crippen LogP contribution in [-0.4, -0.2) is 29.3 Å². The van der Waals surface area contributed by atoms with Gasteiger partial charge in [-0.1, -0.05) is 13.8 Å². The first-order valence-corrected chi connectivity index (χ1v) is 5.42. The standard InChI is InChI=1S/C11H17NO/c1-7(2)11-3-8-5-12(11)6-9(4-11)10(8)13/h7-9H,3-6H2,1-2H3. The van der Waals surface area contributed by atoms with Crippen molar-refractivity contribution in [1.29, 1.82) is 0 Å². The molecule has 0 amide bonds. The van der Waals surface area contributed by atoms with Crippen LogP contribution in [0.3, 0.4) is 0 Å². The maximum atomic E-state index is 11.8. The van der Waals surface area contributed by atoms with E-state index in [0.29, 0.717) is 23.2 Å². The summed E-state index contributed by atoms with van der Waals surface area (Å²) in [5.74, 6) is 2.09. The molecule has 4 bridgehead atoms. The number of ketones is 1. The number of carbonyl (C=O) groups excluding carboxylic acids is 1. The van der Waals surface area contributed by atoms with Gasteiger partial charge in [-0.05, 0) is 18.8 Å². The van der Waals surface area contributed by atoms with Crippen LogP contribution in [0.4, 0.5) is 0 Å². The quantitative estimate of drug-likeness (QED) is 0.605. The molecule has 3 aliphatic heterocycles. The first-order valence-electron chi connectivity index (χ1n) is 5.42. The van der Waals surface area contributed by atoms with E-state index < -0.39 is 0 Å². The molecule has 2 atom stereocenters. The van der Waals surface area contributed by atoms with Crippen LogP contribution in [0.15, 0.2) is 0 Å². The third-order valence-corrected chi connectivity index (χ3v) is 4.59. The molecule has 0 spiro atoms. The summed E-state index contributed by atoms with van der Waals surface area (Å²) in [6.07, 6.45) is 2.31. The molecule has 0 aromatic carbocycles. The van der Waals surface area contributed by atoms with Gasteiger partial charge in [-0.25, -0.2) is 0 Å². The molecule has 0 radical (unpaired) electrons. The molecular formula is C11H17NO. The van der Waals surface area contributed by atoms with Crippen molar-refractivity contribution in [3.05, 3.63) is 0 Å². The Morgan fingerprint density at radius 2 is 1.85 bits per heavy atom. The fourth-order valence-electron chi connectivity index (χ4n) is 3.85. The molecule has 2 nitrogen and oxygen atoms in total. The van der Waals surface area contributed by atoms with Gasteiger partial charge in [-0.2, -0.15) is 0 Å². The summed E-state index contributed by atoms with van der Waals surface area (Å²) in [6, 6.07) is 0. The van der Waals surface area contributed by atoms with Crippen molar-refractivity contribution >= 4 is 5.78 Å². The van der Waals surface area contributed by atoms with Gasteiger partial charge in [-0.15, -0.1) is 0 Å². The van der Waals surface area contributed by atoms with Crippen molar-refractivity contribution in [3.8, 4) is 0 Å². The van der Waals surface area contributed by atoms with E-state index in [2.05, 4.69) is 18.7 Å². The Morgan fingerprint density at radius 1 is 1.31 bits per heavy atom. The Morgan fingerprint density at radius 3 is 2.23 bits per heavy atom. The minimum Gasteiger partial charge on any atom is -0.299 e. The summed E-state index contributed by atoms with van der Waals surface area (Å²) >= 11 is 0. The third-order valence-electron chi connectivity index (χ3n) is 4.59. The number of hydrogen-bond acceptors (Lipinski definition) is 2. The SMILES string of the molecule is CC(C)C12CC3CN1CC(C2)C3=O. The molecule has 4 rings (SSSR count). The fraction of sp³-hybridized carbons (Fsp3) is 0.909. The first kappa shape index (κ1) is 7.98. The van der Waals surface area contributed by atoms with E-state index in [9.17, 15) is 4.79 Å². The Kier molecular flexibility index (Phi) is 1.33. The van der Waals surface area contributed by atoms with Crippen molar-refractivity contribution in [3.63, 3.8) is 0 Å². The highest BCUT2D eigenvalue weighted by molar-refractivity contribution is 5.87. The molecular weight excluding hydrogens is 162 g/mol. The van der Waals surface area contributed by atoms with E-state index >= 15 is 0 Å². The van der Waals surface area contributed by atoms with E-state index in [1.807, 2.05) is 0 Å². The molecule has 1 saturated carbocycles. The van der Waals surface area contributed by atoms with E-state index in [4.69, 9.17) is 0 Å². The number of Topliss-reactive ketones (excluding diaryl/α,β-unsaturated/α-hetero) is 1. The summed E-state index contributed by atoms with van der Waals surface area (Å²) < 4.78 is 0. The second-order valence-electron chi connectivity index (χ2n) is 5.37. The zero-order valence-corrected chi connectivity index (χ0v) is 8.42. The lowest BCUT2D eigenvalue weighted by molar-refractivity contribution is -0.128. The van der Waals surface area contributed by atoms with Crippen molar-refractivity contribution < 1.29 is 4.79 Å². The molecule has 4 fully saturated rings. The van der Waals surface area contributed by atoms with Crippen LogP contribution in [0.5, 0.6) is 0 Å². The van der Waals surface area contributed by atoms with Crippen molar-refractivity contribution in [1.82, 2.24) is 4.90 Å². The van der Waals surface area contributed by atoms with E-state index in [-0.39, 0.29) is 0 Å². The maximum Gasteiger partial charge on any atom is 0.141 e. The van der Waals surface area contributed by atoms with Crippen molar-refractivity contribution in [2.24, 2.45) is 17.8 Å². The van der Waals surface area contributed by atoms with Crippen molar-refractivity contribution in [2.45, 2.75) is 32.2 Å². The summed E-state index contributed by atoms with van der Waals surface area (Å²) in [7, 11) is 0. The molecule has 0 aromatic heterocycles. The number of piperidine rings is 1. The predicted molar refractivity (Wildman–Crippen MR) is 50.4 cm³/mol. The van der Waals surface area contributed by atoms with Crippen LogP contribution >= 0.6 is 0 Å². The highest BCUT2D eigenvalue weighted by atomic mass is 16.1. The predicted octanol–water partition coefficient (Wildman–Crippen LogP) is 1.31. The average molecular weight is 179 g/mol. The lowest BCUT2D eigenvalue weighted by Gasteiger charge is -2.36. The lowest BCUT2D eigenvalue weighted by atomic mass is 9.71. The highest BCUT2D eigenvalue weighted by Crippen LogP contribution is 2.53. The highest BCUT2D eigenvalue weighted by Gasteiger charge is 2.61. The number of hydrogen-bond donors (Lipinski definition) is 0. The van der Waals surface area contributed by atoms with Crippen LogP contribution in [0.2, 0.25) is 0 Å². The maximum absolute atomic E-state index is 11.8. The first-order chi connectivity index (χ1) is 6.13. The number of rotatable bonds is 1. The van der Waals surface area contributed by atoms with Gasteiger partial charge in [0.2, 0.25) is 0 Å². The molecule has 3 saturated heterocycles. The molecule has 3 heterocycles. The second-order valence-corrected chi connectivity index (χ2v) is 5.37. The summed E-state index contributed by atoms with van der Waals surface area (Å²) in [5, 5.41) is 0. The van der Waals surface area contributed by atoms with E-state index in [1.54, 1.807) is 0 Å². The molecule has 2 unspecified atom stereocenters. The normalized spacial score (nSPS) is 52.5. The lowest BCUT2D eigenvalue weighted by Crippen LogP contribution is -2.42. The van der Waals surface area contributed by atoms with E-state index in [0.717, 1.165) is 31.8 Å². The van der Waals surface area contributed by atoms with Crippen LogP contribution in [0, 0.1) is 17.8 Å².